The second-order valence-corrected chi connectivity index (χ2v) is 7.49. The predicted octanol–water partition coefficient (Wildman–Crippen LogP) is 4.34. The van der Waals surface area contributed by atoms with Gasteiger partial charge in [0.1, 0.15) is 23.6 Å². The minimum atomic E-state index is -4.55. The Morgan fingerprint density at radius 1 is 0.938 bits per heavy atom. The number of piperazine rings is 1. The standard InChI is InChI=1S/C20H18ClF4N7/c21-15-9-12(20(23,24)25)10-27-17(15)30-18-16(26)19(29-11-28-18)32-7-5-31(6-8-32)14-3-1-13(22)2-4-14/h1-4,9-11H,5-8,26H2,(H,27,28,29,30). The summed E-state index contributed by atoms with van der Waals surface area (Å²) in [5.41, 5.74) is 6.43. The number of pyridine rings is 1. The van der Waals surface area contributed by atoms with Crippen molar-refractivity contribution >= 4 is 40.4 Å². The predicted molar refractivity (Wildman–Crippen MR) is 115 cm³/mol. The van der Waals surface area contributed by atoms with E-state index in [0.717, 1.165) is 11.8 Å². The number of benzene rings is 1. The topological polar surface area (TPSA) is 83.2 Å². The summed E-state index contributed by atoms with van der Waals surface area (Å²) in [6, 6.07) is 7.08. The van der Waals surface area contributed by atoms with Crippen LogP contribution in [-0.2, 0) is 6.18 Å². The van der Waals surface area contributed by atoms with Gasteiger partial charge in [0.05, 0.1) is 10.6 Å². The summed E-state index contributed by atoms with van der Waals surface area (Å²) < 4.78 is 51.6. The molecular formula is C20H18ClF4N7. The van der Waals surface area contributed by atoms with E-state index in [9.17, 15) is 17.6 Å². The molecule has 1 aliphatic heterocycles. The molecule has 0 unspecified atom stereocenters. The summed E-state index contributed by atoms with van der Waals surface area (Å²) in [6.07, 6.45) is -2.56. The number of rotatable bonds is 4. The molecule has 1 aromatic carbocycles. The Morgan fingerprint density at radius 3 is 2.22 bits per heavy atom. The Balaban J connectivity index is 1.48. The van der Waals surface area contributed by atoms with Gasteiger partial charge in [-0.2, -0.15) is 13.2 Å². The number of halogens is 5. The first-order valence-electron chi connectivity index (χ1n) is 9.58. The van der Waals surface area contributed by atoms with Crippen molar-refractivity contribution in [3.63, 3.8) is 0 Å². The highest BCUT2D eigenvalue weighted by Gasteiger charge is 2.31. The molecule has 1 saturated heterocycles. The zero-order chi connectivity index (χ0) is 22.9. The second-order valence-electron chi connectivity index (χ2n) is 7.09. The van der Waals surface area contributed by atoms with E-state index >= 15 is 0 Å². The quantitative estimate of drug-likeness (QED) is 0.552. The van der Waals surface area contributed by atoms with Crippen LogP contribution in [0.25, 0.3) is 0 Å². The van der Waals surface area contributed by atoms with Crippen LogP contribution < -0.4 is 20.9 Å². The molecule has 0 bridgehead atoms. The van der Waals surface area contributed by atoms with Gasteiger partial charge in [-0.3, -0.25) is 0 Å². The molecule has 0 atom stereocenters. The molecule has 7 nitrogen and oxygen atoms in total. The summed E-state index contributed by atoms with van der Waals surface area (Å²) in [7, 11) is 0. The lowest BCUT2D eigenvalue weighted by Crippen LogP contribution is -2.47. The van der Waals surface area contributed by atoms with Crippen LogP contribution in [-0.4, -0.2) is 41.1 Å². The average molecular weight is 468 g/mol. The molecule has 0 radical (unpaired) electrons. The number of anilines is 5. The maximum absolute atomic E-state index is 13.1. The van der Waals surface area contributed by atoms with Crippen LogP contribution in [0.2, 0.25) is 5.02 Å². The fourth-order valence-corrected chi connectivity index (χ4v) is 3.58. The Bertz CT molecular complexity index is 1100. The van der Waals surface area contributed by atoms with Gasteiger partial charge >= 0.3 is 6.18 Å². The molecule has 0 spiro atoms. The number of nitrogens with one attached hydrogen (secondary N) is 1. The van der Waals surface area contributed by atoms with E-state index in [1.807, 2.05) is 4.90 Å². The van der Waals surface area contributed by atoms with Gasteiger partial charge in [-0.05, 0) is 30.3 Å². The smallest absolute Gasteiger partial charge is 0.393 e. The monoisotopic (exact) mass is 467 g/mol. The summed E-state index contributed by atoms with van der Waals surface area (Å²) in [5, 5.41) is 2.56. The Morgan fingerprint density at radius 2 is 1.59 bits per heavy atom. The molecule has 3 heterocycles. The number of nitrogens with zero attached hydrogens (tertiary/aromatic N) is 5. The molecule has 0 amide bonds. The number of nitrogens with two attached hydrogens (primary N) is 1. The maximum Gasteiger partial charge on any atom is 0.417 e. The average Bonchev–Trinajstić information content (AvgIpc) is 2.76. The van der Waals surface area contributed by atoms with Crippen molar-refractivity contribution in [2.45, 2.75) is 6.18 Å². The van der Waals surface area contributed by atoms with Crippen molar-refractivity contribution in [3.8, 4) is 0 Å². The lowest BCUT2D eigenvalue weighted by molar-refractivity contribution is -0.137. The molecule has 1 fully saturated rings. The molecule has 168 valence electrons. The number of alkyl halides is 3. The van der Waals surface area contributed by atoms with Crippen molar-refractivity contribution < 1.29 is 17.6 Å². The van der Waals surface area contributed by atoms with Crippen LogP contribution >= 0.6 is 11.6 Å². The van der Waals surface area contributed by atoms with E-state index in [4.69, 9.17) is 17.3 Å². The van der Waals surface area contributed by atoms with E-state index in [1.165, 1.54) is 18.5 Å². The van der Waals surface area contributed by atoms with E-state index in [2.05, 4.69) is 25.2 Å². The van der Waals surface area contributed by atoms with Crippen LogP contribution in [0.1, 0.15) is 5.56 Å². The first kappa shape index (κ1) is 21.9. The molecular weight excluding hydrogens is 450 g/mol. The van der Waals surface area contributed by atoms with Crippen molar-refractivity contribution in [1.82, 2.24) is 15.0 Å². The first-order valence-corrected chi connectivity index (χ1v) is 9.96. The fraction of sp³-hybridized carbons (Fsp3) is 0.250. The number of hydrogen-bond donors (Lipinski definition) is 2. The molecule has 0 aliphatic carbocycles. The minimum Gasteiger partial charge on any atom is -0.393 e. The second kappa shape index (κ2) is 8.65. The highest BCUT2D eigenvalue weighted by molar-refractivity contribution is 6.33. The van der Waals surface area contributed by atoms with E-state index in [0.29, 0.717) is 38.2 Å². The molecule has 2 aromatic heterocycles. The zero-order valence-electron chi connectivity index (χ0n) is 16.6. The SMILES string of the molecule is Nc1c(Nc2ncc(C(F)(F)F)cc2Cl)ncnc1N1CCN(c2ccc(F)cc2)CC1. The summed E-state index contributed by atoms with van der Waals surface area (Å²) >= 11 is 5.96. The molecule has 4 rings (SSSR count). The van der Waals surface area contributed by atoms with Gasteiger partial charge in [-0.25, -0.2) is 19.3 Å². The van der Waals surface area contributed by atoms with E-state index in [1.54, 1.807) is 12.1 Å². The molecule has 3 aromatic rings. The molecule has 32 heavy (non-hydrogen) atoms. The van der Waals surface area contributed by atoms with Crippen molar-refractivity contribution in [1.29, 1.82) is 0 Å². The molecule has 1 aliphatic rings. The molecule has 0 saturated carbocycles. The third-order valence-corrected chi connectivity index (χ3v) is 5.33. The number of nitrogen functional groups attached to an aromatic ring is 1. The van der Waals surface area contributed by atoms with Crippen molar-refractivity contribution in [2.24, 2.45) is 0 Å². The Labute approximate surface area is 185 Å². The lowest BCUT2D eigenvalue weighted by atomic mass is 10.2. The maximum atomic E-state index is 13.1. The number of aromatic nitrogens is 3. The van der Waals surface area contributed by atoms with E-state index < -0.39 is 11.7 Å². The van der Waals surface area contributed by atoms with Crippen LogP contribution in [0.5, 0.6) is 0 Å². The third kappa shape index (κ3) is 4.62. The van der Waals surface area contributed by atoms with Crippen LogP contribution in [0.4, 0.5) is 46.4 Å². The van der Waals surface area contributed by atoms with Crippen LogP contribution in [0, 0.1) is 5.82 Å². The van der Waals surface area contributed by atoms with Crippen molar-refractivity contribution in [3.05, 3.63) is 59.3 Å². The fourth-order valence-electron chi connectivity index (χ4n) is 3.36. The van der Waals surface area contributed by atoms with Gasteiger partial charge < -0.3 is 20.9 Å². The van der Waals surface area contributed by atoms with Gasteiger partial charge in [-0.15, -0.1) is 0 Å². The molecule has 12 heteroatoms. The van der Waals surface area contributed by atoms with Gasteiger partial charge in [0, 0.05) is 38.1 Å². The molecule has 3 N–H and O–H groups in total. The van der Waals surface area contributed by atoms with Gasteiger partial charge in [-0.1, -0.05) is 11.6 Å². The summed E-state index contributed by atoms with van der Waals surface area (Å²) in [5.74, 6) is 0.385. The zero-order valence-corrected chi connectivity index (χ0v) is 17.3. The normalized spacial score (nSPS) is 14.5. The van der Waals surface area contributed by atoms with Gasteiger partial charge in [0.2, 0.25) is 0 Å². The first-order chi connectivity index (χ1) is 15.2. The Kier molecular flexibility index (Phi) is 5.92. The van der Waals surface area contributed by atoms with E-state index in [-0.39, 0.29) is 28.2 Å². The highest BCUT2D eigenvalue weighted by atomic mass is 35.5. The largest absolute Gasteiger partial charge is 0.417 e. The minimum absolute atomic E-state index is 0.00264. The summed E-state index contributed by atoms with van der Waals surface area (Å²) in [6.45, 7) is 2.56. The Hall–Kier alpha value is -3.34. The lowest BCUT2D eigenvalue weighted by Gasteiger charge is -2.37. The van der Waals surface area contributed by atoms with Crippen molar-refractivity contribution in [2.75, 3.05) is 47.0 Å². The third-order valence-electron chi connectivity index (χ3n) is 5.04. The van der Waals surface area contributed by atoms with Crippen LogP contribution in [0.15, 0.2) is 42.9 Å². The van der Waals surface area contributed by atoms with Crippen LogP contribution in [0.3, 0.4) is 0 Å². The van der Waals surface area contributed by atoms with Gasteiger partial charge in [0.15, 0.2) is 11.6 Å². The number of hydrogen-bond acceptors (Lipinski definition) is 7. The summed E-state index contributed by atoms with van der Waals surface area (Å²) in [4.78, 5) is 16.2. The highest BCUT2D eigenvalue weighted by Crippen LogP contribution is 2.35. The van der Waals surface area contributed by atoms with Gasteiger partial charge in [0.25, 0.3) is 0 Å².